The summed E-state index contributed by atoms with van der Waals surface area (Å²) in [5.74, 6) is 3.72. The summed E-state index contributed by atoms with van der Waals surface area (Å²) in [6.45, 7) is 5.31. The van der Waals surface area contributed by atoms with Gasteiger partial charge in [0.05, 0.1) is 5.69 Å². The molecule has 1 aromatic heterocycles. The molecule has 14 heavy (non-hydrogen) atoms. The summed E-state index contributed by atoms with van der Waals surface area (Å²) in [5, 5.41) is 4.57. The average Bonchev–Trinajstić information content (AvgIpc) is 2.44. The van der Waals surface area contributed by atoms with E-state index >= 15 is 0 Å². The van der Waals surface area contributed by atoms with Crippen molar-refractivity contribution in [1.29, 1.82) is 0 Å². The number of hydrogen-bond donors (Lipinski definition) is 1. The Kier molecular flexibility index (Phi) is 2.72. The third-order valence-corrected chi connectivity index (χ3v) is 3.43. The molecule has 4 heteroatoms. The van der Waals surface area contributed by atoms with Crippen molar-refractivity contribution in [1.82, 2.24) is 9.78 Å². The molecule has 2 N–H and O–H groups in total. The summed E-state index contributed by atoms with van der Waals surface area (Å²) >= 11 is 1.95. The van der Waals surface area contributed by atoms with Gasteiger partial charge in [-0.2, -0.15) is 16.9 Å². The van der Waals surface area contributed by atoms with Crippen molar-refractivity contribution in [2.75, 3.05) is 11.5 Å². The van der Waals surface area contributed by atoms with Gasteiger partial charge in [0, 0.05) is 24.3 Å². The van der Waals surface area contributed by atoms with Gasteiger partial charge in [0.2, 0.25) is 0 Å². The molecule has 0 fully saturated rings. The number of fused-ring (bicyclic) bond motifs is 1. The zero-order chi connectivity index (χ0) is 10.1. The second-order valence-corrected chi connectivity index (χ2v) is 5.29. The van der Waals surface area contributed by atoms with E-state index in [0.29, 0.717) is 5.92 Å². The van der Waals surface area contributed by atoms with Gasteiger partial charge in [-0.3, -0.25) is 0 Å². The Hall–Kier alpha value is -0.640. The minimum Gasteiger partial charge on any atom is -0.384 e. The zero-order valence-electron chi connectivity index (χ0n) is 8.79. The van der Waals surface area contributed by atoms with Gasteiger partial charge in [0.1, 0.15) is 5.82 Å². The second kappa shape index (κ2) is 3.85. The number of aryl methyl sites for hydroxylation is 1. The van der Waals surface area contributed by atoms with Crippen LogP contribution < -0.4 is 5.73 Å². The quantitative estimate of drug-likeness (QED) is 0.812. The molecule has 0 amide bonds. The Balaban J connectivity index is 2.29. The maximum atomic E-state index is 6.06. The molecular formula is C10H17N3S. The largest absolute Gasteiger partial charge is 0.384 e. The third-order valence-electron chi connectivity index (χ3n) is 2.44. The first-order chi connectivity index (χ1) is 6.68. The summed E-state index contributed by atoms with van der Waals surface area (Å²) in [5.41, 5.74) is 8.56. The van der Waals surface area contributed by atoms with Gasteiger partial charge >= 0.3 is 0 Å². The van der Waals surface area contributed by atoms with Crippen LogP contribution in [0.3, 0.4) is 0 Å². The van der Waals surface area contributed by atoms with Crippen LogP contribution in [0.4, 0.5) is 5.82 Å². The van der Waals surface area contributed by atoms with Crippen LogP contribution in [0.15, 0.2) is 0 Å². The van der Waals surface area contributed by atoms with Gasteiger partial charge in [-0.05, 0) is 11.7 Å². The molecule has 78 valence electrons. The van der Waals surface area contributed by atoms with Crippen LogP contribution in [0.2, 0.25) is 0 Å². The van der Waals surface area contributed by atoms with Crippen molar-refractivity contribution < 1.29 is 0 Å². The number of nitrogen functional groups attached to an aromatic ring is 1. The van der Waals surface area contributed by atoms with Crippen LogP contribution in [0, 0.1) is 5.92 Å². The minimum absolute atomic E-state index is 0.603. The molecule has 1 aliphatic rings. The van der Waals surface area contributed by atoms with E-state index < -0.39 is 0 Å². The molecule has 3 nitrogen and oxygen atoms in total. The summed E-state index contributed by atoms with van der Waals surface area (Å²) in [6.07, 6.45) is 1.08. The molecule has 0 saturated heterocycles. The highest BCUT2D eigenvalue weighted by atomic mass is 32.2. The maximum absolute atomic E-state index is 6.06. The molecular weight excluding hydrogens is 194 g/mol. The Labute approximate surface area is 89.1 Å². The molecule has 1 aliphatic heterocycles. The van der Waals surface area contributed by atoms with Gasteiger partial charge in [-0.15, -0.1) is 0 Å². The lowest BCUT2D eigenvalue weighted by Crippen LogP contribution is -2.09. The molecule has 2 heterocycles. The standard InChI is InChI=1S/C10H17N3S/c1-7(2)5-13-10(11)8-6-14-4-3-9(8)12-13/h7H,3-6,11H2,1-2H3. The fourth-order valence-corrected chi connectivity index (χ4v) is 2.75. The lowest BCUT2D eigenvalue weighted by molar-refractivity contribution is 0.485. The van der Waals surface area contributed by atoms with Crippen LogP contribution in [0.1, 0.15) is 25.1 Å². The van der Waals surface area contributed by atoms with E-state index in [1.54, 1.807) is 0 Å². The number of anilines is 1. The predicted molar refractivity (Wildman–Crippen MR) is 61.3 cm³/mol. The van der Waals surface area contributed by atoms with Gasteiger partial charge < -0.3 is 5.73 Å². The van der Waals surface area contributed by atoms with Crippen LogP contribution in [-0.4, -0.2) is 15.5 Å². The van der Waals surface area contributed by atoms with Crippen molar-refractivity contribution in [2.24, 2.45) is 5.92 Å². The summed E-state index contributed by atoms with van der Waals surface area (Å²) in [7, 11) is 0. The van der Waals surface area contributed by atoms with E-state index in [2.05, 4.69) is 18.9 Å². The van der Waals surface area contributed by atoms with Crippen molar-refractivity contribution in [2.45, 2.75) is 32.6 Å². The highest BCUT2D eigenvalue weighted by molar-refractivity contribution is 7.98. The molecule has 0 saturated carbocycles. The SMILES string of the molecule is CC(C)Cn1nc2c(c1N)CSCC2. The molecule has 0 unspecified atom stereocenters. The Morgan fingerprint density at radius 2 is 2.36 bits per heavy atom. The number of nitrogens with two attached hydrogens (primary N) is 1. The molecule has 2 rings (SSSR count). The maximum Gasteiger partial charge on any atom is 0.126 e. The monoisotopic (exact) mass is 211 g/mol. The summed E-state index contributed by atoms with van der Waals surface area (Å²) in [4.78, 5) is 0. The van der Waals surface area contributed by atoms with Crippen LogP contribution in [-0.2, 0) is 18.7 Å². The van der Waals surface area contributed by atoms with Crippen molar-refractivity contribution in [3.63, 3.8) is 0 Å². The first-order valence-corrected chi connectivity index (χ1v) is 6.25. The lowest BCUT2D eigenvalue weighted by Gasteiger charge is -2.09. The second-order valence-electron chi connectivity index (χ2n) is 4.19. The zero-order valence-corrected chi connectivity index (χ0v) is 9.60. The number of nitrogens with zero attached hydrogens (tertiary/aromatic N) is 2. The van der Waals surface area contributed by atoms with Crippen LogP contribution in [0.5, 0.6) is 0 Å². The van der Waals surface area contributed by atoms with Gasteiger partial charge in [-0.1, -0.05) is 13.8 Å². The Morgan fingerprint density at radius 1 is 1.57 bits per heavy atom. The molecule has 0 radical (unpaired) electrons. The predicted octanol–water partition coefficient (Wildman–Crippen LogP) is 1.91. The smallest absolute Gasteiger partial charge is 0.126 e. The molecule has 0 bridgehead atoms. The van der Waals surface area contributed by atoms with Gasteiger partial charge in [-0.25, -0.2) is 4.68 Å². The van der Waals surface area contributed by atoms with E-state index in [1.807, 2.05) is 16.4 Å². The topological polar surface area (TPSA) is 43.8 Å². The molecule has 0 atom stereocenters. The number of hydrogen-bond acceptors (Lipinski definition) is 3. The number of aromatic nitrogens is 2. The number of rotatable bonds is 2. The van der Waals surface area contributed by atoms with Crippen molar-refractivity contribution in [3.05, 3.63) is 11.3 Å². The van der Waals surface area contributed by atoms with E-state index in [9.17, 15) is 0 Å². The Bertz CT molecular complexity index is 330. The van der Waals surface area contributed by atoms with Crippen LogP contribution >= 0.6 is 11.8 Å². The molecule has 1 aromatic rings. The minimum atomic E-state index is 0.603. The van der Waals surface area contributed by atoms with Crippen molar-refractivity contribution in [3.8, 4) is 0 Å². The van der Waals surface area contributed by atoms with E-state index in [1.165, 1.54) is 17.0 Å². The normalized spacial score (nSPS) is 15.9. The molecule has 0 spiro atoms. The molecule has 0 aromatic carbocycles. The summed E-state index contributed by atoms with van der Waals surface area (Å²) in [6, 6.07) is 0. The fourth-order valence-electron chi connectivity index (χ4n) is 1.75. The molecule has 0 aliphatic carbocycles. The fraction of sp³-hybridized carbons (Fsp3) is 0.700. The van der Waals surface area contributed by atoms with E-state index in [4.69, 9.17) is 5.73 Å². The van der Waals surface area contributed by atoms with E-state index in [-0.39, 0.29) is 0 Å². The average molecular weight is 211 g/mol. The first-order valence-electron chi connectivity index (χ1n) is 5.10. The van der Waals surface area contributed by atoms with Crippen LogP contribution in [0.25, 0.3) is 0 Å². The Morgan fingerprint density at radius 3 is 3.00 bits per heavy atom. The third kappa shape index (κ3) is 1.75. The number of thioether (sulfide) groups is 1. The highest BCUT2D eigenvalue weighted by Crippen LogP contribution is 2.28. The van der Waals surface area contributed by atoms with Crippen molar-refractivity contribution >= 4 is 17.6 Å². The summed E-state index contributed by atoms with van der Waals surface area (Å²) < 4.78 is 1.97. The van der Waals surface area contributed by atoms with Gasteiger partial charge in [0.25, 0.3) is 0 Å². The van der Waals surface area contributed by atoms with Gasteiger partial charge in [0.15, 0.2) is 0 Å². The lowest BCUT2D eigenvalue weighted by atomic mass is 10.2. The van der Waals surface area contributed by atoms with E-state index in [0.717, 1.165) is 24.5 Å². The first kappa shape index (κ1) is 9.90. The highest BCUT2D eigenvalue weighted by Gasteiger charge is 2.18.